The van der Waals surface area contributed by atoms with Crippen molar-refractivity contribution in [2.45, 2.75) is 32.9 Å². The summed E-state index contributed by atoms with van der Waals surface area (Å²) in [6.07, 6.45) is 4.12. The molecule has 28 heavy (non-hydrogen) atoms. The van der Waals surface area contributed by atoms with Crippen LogP contribution in [0.5, 0.6) is 5.75 Å². The highest BCUT2D eigenvalue weighted by atomic mass is 35.5. The number of halogens is 1. The number of anilines is 1. The summed E-state index contributed by atoms with van der Waals surface area (Å²) in [6, 6.07) is 15.3. The Morgan fingerprint density at radius 1 is 1.21 bits per heavy atom. The lowest BCUT2D eigenvalue weighted by Crippen LogP contribution is -2.42. The molecule has 0 saturated carbocycles. The van der Waals surface area contributed by atoms with Crippen LogP contribution < -0.4 is 14.6 Å². The molecule has 1 aromatic heterocycles. The number of fused-ring (bicyclic) bond motifs is 1. The molecule has 2 aromatic carbocycles. The van der Waals surface area contributed by atoms with Crippen molar-refractivity contribution in [1.82, 2.24) is 4.57 Å². The lowest BCUT2D eigenvalue weighted by molar-refractivity contribution is -0.690. The fourth-order valence-corrected chi connectivity index (χ4v) is 3.82. The molecule has 0 bridgehead atoms. The van der Waals surface area contributed by atoms with Crippen LogP contribution in [0.2, 0.25) is 5.02 Å². The van der Waals surface area contributed by atoms with Crippen molar-refractivity contribution in [2.24, 2.45) is 0 Å². The van der Waals surface area contributed by atoms with Gasteiger partial charge in [-0.3, -0.25) is 4.79 Å². The molecule has 1 amide bonds. The van der Waals surface area contributed by atoms with E-state index in [0.29, 0.717) is 18.0 Å². The molecule has 5 nitrogen and oxygen atoms in total. The number of nitrogens with zero attached hydrogens (tertiary/aromatic N) is 2. The molecule has 1 aliphatic rings. The first kappa shape index (κ1) is 18.6. The van der Waals surface area contributed by atoms with Crippen LogP contribution in [0.3, 0.4) is 0 Å². The van der Waals surface area contributed by atoms with Crippen LogP contribution in [0.1, 0.15) is 19.2 Å². The number of hydrogen-bond acceptors (Lipinski definition) is 2. The van der Waals surface area contributed by atoms with Gasteiger partial charge in [-0.1, -0.05) is 23.7 Å². The Kier molecular flexibility index (Phi) is 5.35. The number of para-hydroxylation sites is 2. The van der Waals surface area contributed by atoms with Crippen LogP contribution in [-0.2, 0) is 24.3 Å². The summed E-state index contributed by atoms with van der Waals surface area (Å²) in [6.45, 7) is 3.72. The third-order valence-electron chi connectivity index (χ3n) is 4.91. The van der Waals surface area contributed by atoms with E-state index in [1.807, 2.05) is 55.5 Å². The molecule has 0 fully saturated rings. The minimum absolute atomic E-state index is 0.0693. The fraction of sp³-hybridized carbons (Fsp3) is 0.273. The van der Waals surface area contributed by atoms with E-state index in [4.69, 9.17) is 16.3 Å². The highest BCUT2D eigenvalue weighted by Crippen LogP contribution is 2.26. The van der Waals surface area contributed by atoms with Crippen molar-refractivity contribution in [2.75, 3.05) is 11.9 Å². The molecule has 0 unspecified atom stereocenters. The third kappa shape index (κ3) is 3.76. The molecule has 0 spiro atoms. The number of aromatic nitrogens is 2. The van der Waals surface area contributed by atoms with Gasteiger partial charge in [0.1, 0.15) is 11.9 Å². The number of carbonyl (C=O) groups is 1. The Bertz CT molecular complexity index is 996. The molecule has 144 valence electrons. The van der Waals surface area contributed by atoms with Gasteiger partial charge in [-0.25, -0.2) is 9.13 Å². The molecule has 3 aromatic rings. The summed E-state index contributed by atoms with van der Waals surface area (Å²) >= 11 is 6.03. The summed E-state index contributed by atoms with van der Waals surface area (Å²) in [5.41, 5.74) is 2.92. The Balaban J connectivity index is 1.56. The predicted molar refractivity (Wildman–Crippen MR) is 110 cm³/mol. The van der Waals surface area contributed by atoms with Crippen LogP contribution in [0.15, 0.2) is 54.7 Å². The Labute approximate surface area is 169 Å². The van der Waals surface area contributed by atoms with E-state index in [1.54, 1.807) is 0 Å². The first-order valence-corrected chi connectivity index (χ1v) is 9.93. The first-order valence-electron chi connectivity index (χ1n) is 9.55. The molecular weight excluding hydrogens is 374 g/mol. The average Bonchev–Trinajstić information content (AvgIpc) is 3.28. The second-order valence-electron chi connectivity index (χ2n) is 6.80. The van der Waals surface area contributed by atoms with Crippen LogP contribution in [0.25, 0.3) is 11.3 Å². The lowest BCUT2D eigenvalue weighted by atomic mass is 10.2. The van der Waals surface area contributed by atoms with E-state index >= 15 is 0 Å². The fourth-order valence-electron chi connectivity index (χ4n) is 3.69. The number of nitrogens with one attached hydrogen (secondary N) is 1. The number of amides is 1. The highest BCUT2D eigenvalue weighted by molar-refractivity contribution is 6.30. The summed E-state index contributed by atoms with van der Waals surface area (Å²) in [5.74, 6) is 1.80. The number of benzene rings is 2. The monoisotopic (exact) mass is 396 g/mol. The maximum absolute atomic E-state index is 12.7. The van der Waals surface area contributed by atoms with Gasteiger partial charge in [0.2, 0.25) is 0 Å². The standard InChI is InChI=1S/C22H22ClN3O2/c1-2-28-20-7-4-3-6-18(20)24-21(27)15-25-14-19(26-13-5-8-22(25)26)16-9-11-17(23)12-10-16/h3-4,6-7,9-12,14H,2,5,8,13,15H2,1H3/p+1. The summed E-state index contributed by atoms with van der Waals surface area (Å²) in [7, 11) is 0. The Hall–Kier alpha value is -2.79. The summed E-state index contributed by atoms with van der Waals surface area (Å²) in [5, 5.41) is 3.70. The van der Waals surface area contributed by atoms with Gasteiger partial charge >= 0.3 is 0 Å². The van der Waals surface area contributed by atoms with Gasteiger partial charge in [0, 0.05) is 10.6 Å². The van der Waals surface area contributed by atoms with Gasteiger partial charge in [-0.2, -0.15) is 0 Å². The zero-order valence-corrected chi connectivity index (χ0v) is 16.6. The van der Waals surface area contributed by atoms with E-state index in [9.17, 15) is 4.79 Å². The average molecular weight is 397 g/mol. The second-order valence-corrected chi connectivity index (χ2v) is 7.23. The van der Waals surface area contributed by atoms with Crippen molar-refractivity contribution in [3.05, 3.63) is 65.6 Å². The molecule has 1 aliphatic heterocycles. The zero-order valence-electron chi connectivity index (χ0n) is 15.8. The zero-order chi connectivity index (χ0) is 19.5. The van der Waals surface area contributed by atoms with E-state index in [0.717, 1.165) is 35.7 Å². The first-order chi connectivity index (χ1) is 13.7. The molecule has 2 heterocycles. The summed E-state index contributed by atoms with van der Waals surface area (Å²) < 4.78 is 9.94. The summed E-state index contributed by atoms with van der Waals surface area (Å²) in [4.78, 5) is 12.7. The van der Waals surface area contributed by atoms with Crippen LogP contribution >= 0.6 is 11.6 Å². The number of imidazole rings is 1. The quantitative estimate of drug-likeness (QED) is 0.638. The molecule has 0 saturated heterocycles. The predicted octanol–water partition coefficient (Wildman–Crippen LogP) is 4.08. The normalized spacial score (nSPS) is 12.6. The van der Waals surface area contributed by atoms with Gasteiger partial charge in [-0.15, -0.1) is 0 Å². The van der Waals surface area contributed by atoms with Gasteiger partial charge in [0.15, 0.2) is 12.2 Å². The van der Waals surface area contributed by atoms with E-state index in [-0.39, 0.29) is 12.5 Å². The van der Waals surface area contributed by atoms with E-state index in [2.05, 4.69) is 20.6 Å². The van der Waals surface area contributed by atoms with Gasteiger partial charge in [-0.05, 0) is 49.7 Å². The van der Waals surface area contributed by atoms with Crippen molar-refractivity contribution >= 4 is 23.2 Å². The van der Waals surface area contributed by atoms with E-state index < -0.39 is 0 Å². The Morgan fingerprint density at radius 2 is 2.00 bits per heavy atom. The topological polar surface area (TPSA) is 47.1 Å². The highest BCUT2D eigenvalue weighted by Gasteiger charge is 2.29. The molecule has 0 radical (unpaired) electrons. The maximum Gasteiger partial charge on any atom is 0.266 e. The number of carbonyl (C=O) groups excluding carboxylic acids is 1. The molecule has 4 rings (SSSR count). The van der Waals surface area contributed by atoms with Gasteiger partial charge in [0.05, 0.1) is 25.3 Å². The SMILES string of the molecule is CCOc1ccccc1NC(=O)C[n+]1cc(-c2ccc(Cl)cc2)n2c1CCC2. The minimum Gasteiger partial charge on any atom is -0.492 e. The largest absolute Gasteiger partial charge is 0.492 e. The molecule has 0 atom stereocenters. The number of ether oxygens (including phenoxy) is 1. The van der Waals surface area contributed by atoms with Crippen LogP contribution in [-0.4, -0.2) is 17.1 Å². The van der Waals surface area contributed by atoms with Crippen LogP contribution in [0, 0.1) is 0 Å². The lowest BCUT2D eigenvalue weighted by Gasteiger charge is -2.10. The second kappa shape index (κ2) is 8.07. The maximum atomic E-state index is 12.7. The molecular formula is C22H23ClN3O2+. The number of rotatable bonds is 6. The van der Waals surface area contributed by atoms with Gasteiger partial charge < -0.3 is 10.1 Å². The molecule has 0 aliphatic carbocycles. The smallest absolute Gasteiger partial charge is 0.266 e. The van der Waals surface area contributed by atoms with Crippen LogP contribution in [0.4, 0.5) is 5.69 Å². The third-order valence-corrected chi connectivity index (χ3v) is 5.16. The van der Waals surface area contributed by atoms with Crippen molar-refractivity contribution < 1.29 is 14.1 Å². The van der Waals surface area contributed by atoms with E-state index in [1.165, 1.54) is 5.82 Å². The number of hydrogen-bond donors (Lipinski definition) is 1. The van der Waals surface area contributed by atoms with Crippen molar-refractivity contribution in [1.29, 1.82) is 0 Å². The van der Waals surface area contributed by atoms with Crippen molar-refractivity contribution in [3.8, 4) is 17.0 Å². The van der Waals surface area contributed by atoms with Gasteiger partial charge in [0.25, 0.3) is 11.7 Å². The Morgan fingerprint density at radius 3 is 2.79 bits per heavy atom. The molecule has 1 N–H and O–H groups in total. The van der Waals surface area contributed by atoms with Crippen molar-refractivity contribution in [3.63, 3.8) is 0 Å². The molecule has 6 heteroatoms. The minimum atomic E-state index is -0.0693.